The van der Waals surface area contributed by atoms with Crippen LogP contribution in [0.25, 0.3) is 0 Å². The molecule has 1 aliphatic carbocycles. The van der Waals surface area contributed by atoms with Gasteiger partial charge in [0.25, 0.3) is 0 Å². The minimum Gasteiger partial charge on any atom is -0.314 e. The van der Waals surface area contributed by atoms with Crippen LogP contribution in [0.15, 0.2) is 0 Å². The average Bonchev–Trinajstić information content (AvgIpc) is 1.79. The Kier molecular flexibility index (Phi) is 2.35. The van der Waals surface area contributed by atoms with E-state index in [0.717, 1.165) is 0 Å². The molecule has 1 heteroatoms. The first-order chi connectivity index (χ1) is 4.62. The Morgan fingerprint density at radius 3 is 2.30 bits per heavy atom. The molecule has 0 atom stereocenters. The van der Waals surface area contributed by atoms with Crippen molar-refractivity contribution in [3.63, 3.8) is 0 Å². The van der Waals surface area contributed by atoms with Crippen molar-refractivity contribution in [3.8, 4) is 0 Å². The number of nitrogens with one attached hydrogen (secondary N) is 1. The van der Waals surface area contributed by atoms with Gasteiger partial charge in [-0.2, -0.15) is 0 Å². The molecule has 10 heavy (non-hydrogen) atoms. The van der Waals surface area contributed by atoms with Crippen molar-refractivity contribution < 1.29 is 0 Å². The average molecular weight is 141 g/mol. The zero-order valence-corrected chi connectivity index (χ0v) is 7.41. The first kappa shape index (κ1) is 8.06. The summed E-state index contributed by atoms with van der Waals surface area (Å²) in [6.45, 7) is 8.01. The van der Waals surface area contributed by atoms with E-state index < -0.39 is 0 Å². The molecule has 0 spiro atoms. The van der Waals surface area contributed by atoms with Crippen LogP contribution in [-0.2, 0) is 0 Å². The van der Waals surface area contributed by atoms with Crippen molar-refractivity contribution >= 4 is 0 Å². The highest BCUT2D eigenvalue weighted by molar-refractivity contribution is 4.85. The van der Waals surface area contributed by atoms with Gasteiger partial charge >= 0.3 is 0 Å². The fourth-order valence-corrected chi connectivity index (χ4v) is 1.41. The van der Waals surface area contributed by atoms with E-state index >= 15 is 0 Å². The van der Waals surface area contributed by atoms with Crippen LogP contribution in [0.5, 0.6) is 0 Å². The Labute approximate surface area is 64.2 Å². The topological polar surface area (TPSA) is 12.0 Å². The van der Waals surface area contributed by atoms with Gasteiger partial charge in [-0.15, -0.1) is 0 Å². The first-order valence-electron chi connectivity index (χ1n) is 4.36. The van der Waals surface area contributed by atoms with Gasteiger partial charge < -0.3 is 5.32 Å². The SMILES string of the molecule is CC(C)NCC1(C)CCC1. The Hall–Kier alpha value is -0.0400. The van der Waals surface area contributed by atoms with Gasteiger partial charge in [0.05, 0.1) is 0 Å². The van der Waals surface area contributed by atoms with Crippen molar-refractivity contribution in [2.24, 2.45) is 5.41 Å². The smallest absolute Gasteiger partial charge is 0.00106 e. The summed E-state index contributed by atoms with van der Waals surface area (Å²) in [5.74, 6) is 0. The standard InChI is InChI=1S/C9H19N/c1-8(2)10-7-9(3)5-4-6-9/h8,10H,4-7H2,1-3H3. The van der Waals surface area contributed by atoms with Crippen LogP contribution in [0.3, 0.4) is 0 Å². The van der Waals surface area contributed by atoms with Crippen molar-refractivity contribution in [2.75, 3.05) is 6.54 Å². The van der Waals surface area contributed by atoms with Gasteiger partial charge in [-0.1, -0.05) is 27.2 Å². The summed E-state index contributed by atoms with van der Waals surface area (Å²) in [6.07, 6.45) is 4.29. The summed E-state index contributed by atoms with van der Waals surface area (Å²) in [5.41, 5.74) is 0.643. The molecule has 0 amide bonds. The van der Waals surface area contributed by atoms with E-state index in [4.69, 9.17) is 0 Å². The molecule has 1 saturated carbocycles. The van der Waals surface area contributed by atoms with Gasteiger partial charge in [0.1, 0.15) is 0 Å². The third-order valence-electron chi connectivity index (χ3n) is 2.50. The lowest BCUT2D eigenvalue weighted by Crippen LogP contribution is -2.39. The van der Waals surface area contributed by atoms with Gasteiger partial charge in [0.2, 0.25) is 0 Å². The highest BCUT2D eigenvalue weighted by atomic mass is 14.9. The Morgan fingerprint density at radius 2 is 2.00 bits per heavy atom. The van der Waals surface area contributed by atoms with Crippen LogP contribution in [0.4, 0.5) is 0 Å². The minimum atomic E-state index is 0.643. The van der Waals surface area contributed by atoms with E-state index in [-0.39, 0.29) is 0 Å². The van der Waals surface area contributed by atoms with Crippen molar-refractivity contribution in [1.29, 1.82) is 0 Å². The summed E-state index contributed by atoms with van der Waals surface area (Å²) >= 11 is 0. The summed E-state index contributed by atoms with van der Waals surface area (Å²) < 4.78 is 0. The number of rotatable bonds is 3. The lowest BCUT2D eigenvalue weighted by molar-refractivity contribution is 0.153. The Morgan fingerprint density at radius 1 is 1.40 bits per heavy atom. The van der Waals surface area contributed by atoms with Crippen molar-refractivity contribution in [1.82, 2.24) is 5.32 Å². The third kappa shape index (κ3) is 1.98. The van der Waals surface area contributed by atoms with Crippen LogP contribution in [0.1, 0.15) is 40.0 Å². The maximum atomic E-state index is 3.49. The quantitative estimate of drug-likeness (QED) is 0.635. The van der Waals surface area contributed by atoms with E-state index in [1.54, 1.807) is 0 Å². The van der Waals surface area contributed by atoms with E-state index in [2.05, 4.69) is 26.1 Å². The summed E-state index contributed by atoms with van der Waals surface area (Å²) in [6, 6.07) is 0.650. The van der Waals surface area contributed by atoms with Gasteiger partial charge in [-0.3, -0.25) is 0 Å². The molecular weight excluding hydrogens is 122 g/mol. The summed E-state index contributed by atoms with van der Waals surface area (Å²) in [7, 11) is 0. The number of hydrogen-bond acceptors (Lipinski definition) is 1. The maximum absolute atomic E-state index is 3.49. The molecule has 60 valence electrons. The fourth-order valence-electron chi connectivity index (χ4n) is 1.41. The highest BCUT2D eigenvalue weighted by Gasteiger charge is 2.30. The predicted molar refractivity (Wildman–Crippen MR) is 45.1 cm³/mol. The molecule has 1 rings (SSSR count). The highest BCUT2D eigenvalue weighted by Crippen LogP contribution is 2.39. The van der Waals surface area contributed by atoms with Crippen LogP contribution < -0.4 is 5.32 Å². The fraction of sp³-hybridized carbons (Fsp3) is 1.00. The van der Waals surface area contributed by atoms with Gasteiger partial charge in [-0.25, -0.2) is 0 Å². The normalized spacial score (nSPS) is 22.8. The lowest BCUT2D eigenvalue weighted by atomic mass is 9.70. The molecule has 1 aliphatic rings. The van der Waals surface area contributed by atoms with E-state index in [1.807, 2.05) is 0 Å². The zero-order chi connectivity index (χ0) is 7.61. The molecular formula is C9H19N. The van der Waals surface area contributed by atoms with Gasteiger partial charge in [0, 0.05) is 12.6 Å². The third-order valence-corrected chi connectivity index (χ3v) is 2.50. The largest absolute Gasteiger partial charge is 0.314 e. The molecule has 0 aromatic heterocycles. The first-order valence-corrected chi connectivity index (χ1v) is 4.36. The molecule has 0 aromatic carbocycles. The van der Waals surface area contributed by atoms with E-state index in [1.165, 1.54) is 25.8 Å². The van der Waals surface area contributed by atoms with E-state index in [9.17, 15) is 0 Å². The summed E-state index contributed by atoms with van der Waals surface area (Å²) in [5, 5.41) is 3.49. The minimum absolute atomic E-state index is 0.643. The molecule has 1 fully saturated rings. The predicted octanol–water partition coefficient (Wildman–Crippen LogP) is 2.17. The molecule has 0 aliphatic heterocycles. The van der Waals surface area contributed by atoms with Gasteiger partial charge in [0.15, 0.2) is 0 Å². The summed E-state index contributed by atoms with van der Waals surface area (Å²) in [4.78, 5) is 0. The second-order valence-corrected chi connectivity index (χ2v) is 4.20. The van der Waals surface area contributed by atoms with Gasteiger partial charge in [-0.05, 0) is 18.3 Å². The zero-order valence-electron chi connectivity index (χ0n) is 7.41. The second-order valence-electron chi connectivity index (χ2n) is 4.20. The molecule has 0 radical (unpaired) electrons. The molecule has 0 bridgehead atoms. The van der Waals surface area contributed by atoms with Crippen LogP contribution in [0.2, 0.25) is 0 Å². The van der Waals surface area contributed by atoms with Crippen molar-refractivity contribution in [3.05, 3.63) is 0 Å². The molecule has 0 aromatic rings. The van der Waals surface area contributed by atoms with Crippen LogP contribution in [-0.4, -0.2) is 12.6 Å². The molecule has 1 N–H and O–H groups in total. The van der Waals surface area contributed by atoms with Crippen LogP contribution >= 0.6 is 0 Å². The monoisotopic (exact) mass is 141 g/mol. The Bertz CT molecular complexity index is 103. The van der Waals surface area contributed by atoms with Crippen molar-refractivity contribution in [2.45, 2.75) is 46.1 Å². The molecule has 0 unspecified atom stereocenters. The van der Waals surface area contributed by atoms with E-state index in [0.29, 0.717) is 11.5 Å². The second kappa shape index (κ2) is 2.91. The molecule has 1 nitrogen and oxygen atoms in total. The Balaban J connectivity index is 2.12. The van der Waals surface area contributed by atoms with Crippen LogP contribution in [0, 0.1) is 5.41 Å². The molecule has 0 heterocycles. The lowest BCUT2D eigenvalue weighted by Gasteiger charge is -2.39. The number of hydrogen-bond donors (Lipinski definition) is 1. The maximum Gasteiger partial charge on any atom is 0.00106 e. The molecule has 0 saturated heterocycles.